The van der Waals surface area contributed by atoms with E-state index in [0.717, 1.165) is 14.6 Å². The Bertz CT molecular complexity index is 1070. The van der Waals surface area contributed by atoms with Crippen molar-refractivity contribution in [3.8, 4) is 0 Å². The lowest BCUT2D eigenvalue weighted by molar-refractivity contribution is 0.292. The van der Waals surface area contributed by atoms with Crippen LogP contribution in [-0.2, 0) is 20.6 Å². The Kier molecular flexibility index (Phi) is 5.28. The summed E-state index contributed by atoms with van der Waals surface area (Å²) < 4.78 is 5.14. The summed E-state index contributed by atoms with van der Waals surface area (Å²) >= 11 is 3.53. The van der Waals surface area contributed by atoms with Crippen molar-refractivity contribution in [2.24, 2.45) is 14.1 Å². The summed E-state index contributed by atoms with van der Waals surface area (Å²) in [5.41, 5.74) is 0.856. The van der Waals surface area contributed by atoms with Gasteiger partial charge in [-0.2, -0.15) is 4.98 Å². The molecule has 0 aliphatic rings. The summed E-state index contributed by atoms with van der Waals surface area (Å²) in [6.07, 6.45) is 0.551. The van der Waals surface area contributed by atoms with Crippen molar-refractivity contribution in [2.45, 2.75) is 13.0 Å². The maximum Gasteiger partial charge on any atom is 0.332 e. The fourth-order valence-corrected chi connectivity index (χ4v) is 3.22. The van der Waals surface area contributed by atoms with Gasteiger partial charge in [-0.15, -0.1) is 0 Å². The number of imidazole rings is 1. The molecule has 9 heteroatoms. The molecule has 0 atom stereocenters. The number of aliphatic hydroxyl groups is 1. The molecule has 0 fully saturated rings. The highest BCUT2D eigenvalue weighted by atomic mass is 79.9. The van der Waals surface area contributed by atoms with E-state index in [-0.39, 0.29) is 6.61 Å². The van der Waals surface area contributed by atoms with Crippen molar-refractivity contribution < 1.29 is 5.11 Å². The molecule has 0 bridgehead atoms. The third kappa shape index (κ3) is 3.19. The van der Waals surface area contributed by atoms with E-state index in [1.54, 1.807) is 11.6 Å². The van der Waals surface area contributed by atoms with Crippen LogP contribution in [0.1, 0.15) is 12.0 Å². The maximum atomic E-state index is 12.7. The van der Waals surface area contributed by atoms with Crippen LogP contribution in [0, 0.1) is 0 Å². The minimum atomic E-state index is -0.421. The fraction of sp³-hybridized carbons (Fsp3) is 0.353. The Morgan fingerprint density at radius 3 is 2.62 bits per heavy atom. The third-order valence-corrected chi connectivity index (χ3v) is 5.03. The smallest absolute Gasteiger partial charge is 0.332 e. The zero-order valence-electron chi connectivity index (χ0n) is 14.6. The normalized spacial score (nSPS) is 11.2. The molecular formula is C17H20BrN5O3. The summed E-state index contributed by atoms with van der Waals surface area (Å²) in [6.45, 7) is 0.967. The number of anilines is 1. The monoisotopic (exact) mass is 421 g/mol. The molecule has 2 N–H and O–H groups in total. The predicted octanol–water partition coefficient (Wildman–Crippen LogP) is 1.04. The van der Waals surface area contributed by atoms with E-state index in [1.807, 2.05) is 24.3 Å². The van der Waals surface area contributed by atoms with Crippen molar-refractivity contribution in [1.82, 2.24) is 18.7 Å². The van der Waals surface area contributed by atoms with Gasteiger partial charge in [0.1, 0.15) is 0 Å². The van der Waals surface area contributed by atoms with Gasteiger partial charge in [0.2, 0.25) is 5.95 Å². The molecule has 138 valence electrons. The first-order valence-corrected chi connectivity index (χ1v) is 8.99. The number of nitrogens with zero attached hydrogens (tertiary/aromatic N) is 4. The highest BCUT2D eigenvalue weighted by Crippen LogP contribution is 2.22. The first-order chi connectivity index (χ1) is 12.5. The van der Waals surface area contributed by atoms with E-state index < -0.39 is 11.2 Å². The molecule has 0 radical (unpaired) electrons. The minimum absolute atomic E-state index is 0.0533. The summed E-state index contributed by atoms with van der Waals surface area (Å²) in [7, 11) is 3.05. The number of halogens is 1. The van der Waals surface area contributed by atoms with Crippen molar-refractivity contribution in [1.29, 1.82) is 0 Å². The number of hydrogen-bond donors (Lipinski definition) is 2. The van der Waals surface area contributed by atoms with Gasteiger partial charge in [0.05, 0.1) is 6.54 Å². The van der Waals surface area contributed by atoms with Crippen LogP contribution in [0.5, 0.6) is 0 Å². The molecule has 0 aliphatic heterocycles. The summed E-state index contributed by atoms with van der Waals surface area (Å²) in [5.74, 6) is 0.488. The number of aliphatic hydroxyl groups excluding tert-OH is 1. The van der Waals surface area contributed by atoms with E-state index in [0.29, 0.717) is 36.6 Å². The highest BCUT2D eigenvalue weighted by Gasteiger charge is 2.19. The van der Waals surface area contributed by atoms with Crippen LogP contribution < -0.4 is 16.6 Å². The second-order valence-corrected chi connectivity index (χ2v) is 6.85. The van der Waals surface area contributed by atoms with Crippen LogP contribution in [0.15, 0.2) is 38.3 Å². The lowest BCUT2D eigenvalue weighted by Crippen LogP contribution is -2.37. The Balaban J connectivity index is 2.23. The van der Waals surface area contributed by atoms with Crippen LogP contribution >= 0.6 is 15.9 Å². The van der Waals surface area contributed by atoms with Crippen molar-refractivity contribution >= 4 is 33.0 Å². The quantitative estimate of drug-likeness (QED) is 0.579. The van der Waals surface area contributed by atoms with Crippen LogP contribution in [0.3, 0.4) is 0 Å². The van der Waals surface area contributed by atoms with E-state index >= 15 is 0 Å². The minimum Gasteiger partial charge on any atom is -0.396 e. The topological polar surface area (TPSA) is 94.1 Å². The van der Waals surface area contributed by atoms with Gasteiger partial charge in [-0.3, -0.25) is 18.5 Å². The SMILES string of the molecule is Cn1c(=O)c2c(nc(NCCCO)n2Cc2ccccc2Br)n(C)c1=O. The molecule has 0 amide bonds. The number of nitrogens with one attached hydrogen (secondary N) is 1. The molecule has 0 aliphatic carbocycles. The summed E-state index contributed by atoms with van der Waals surface area (Å²) in [4.78, 5) is 29.4. The van der Waals surface area contributed by atoms with Crippen LogP contribution in [0.2, 0.25) is 0 Å². The predicted molar refractivity (Wildman–Crippen MR) is 104 cm³/mol. The number of fused-ring (bicyclic) bond motifs is 1. The second kappa shape index (κ2) is 7.46. The maximum absolute atomic E-state index is 12.7. The highest BCUT2D eigenvalue weighted by molar-refractivity contribution is 9.10. The molecule has 3 rings (SSSR count). The Morgan fingerprint density at radius 1 is 1.19 bits per heavy atom. The van der Waals surface area contributed by atoms with Crippen molar-refractivity contribution in [3.63, 3.8) is 0 Å². The fourth-order valence-electron chi connectivity index (χ4n) is 2.81. The van der Waals surface area contributed by atoms with Crippen LogP contribution in [0.25, 0.3) is 11.2 Å². The number of aromatic nitrogens is 4. The second-order valence-electron chi connectivity index (χ2n) is 5.99. The molecule has 0 spiro atoms. The zero-order valence-corrected chi connectivity index (χ0v) is 16.2. The van der Waals surface area contributed by atoms with Gasteiger partial charge in [0, 0.05) is 31.7 Å². The number of benzene rings is 1. The Hall–Kier alpha value is -2.39. The first kappa shape index (κ1) is 18.4. The largest absolute Gasteiger partial charge is 0.396 e. The van der Waals surface area contributed by atoms with E-state index in [9.17, 15) is 9.59 Å². The molecule has 2 heterocycles. The lowest BCUT2D eigenvalue weighted by Gasteiger charge is -2.12. The van der Waals surface area contributed by atoms with Gasteiger partial charge < -0.3 is 10.4 Å². The zero-order chi connectivity index (χ0) is 18.8. The number of hydrogen-bond acceptors (Lipinski definition) is 5. The molecule has 3 aromatic rings. The van der Waals surface area contributed by atoms with E-state index in [1.165, 1.54) is 11.6 Å². The third-order valence-electron chi connectivity index (χ3n) is 4.25. The van der Waals surface area contributed by atoms with Crippen molar-refractivity contribution in [2.75, 3.05) is 18.5 Å². The molecule has 26 heavy (non-hydrogen) atoms. The van der Waals surface area contributed by atoms with Gasteiger partial charge in [-0.05, 0) is 18.1 Å². The van der Waals surface area contributed by atoms with Gasteiger partial charge >= 0.3 is 5.69 Å². The van der Waals surface area contributed by atoms with E-state index in [2.05, 4.69) is 26.2 Å². The molecule has 2 aromatic heterocycles. The van der Waals surface area contributed by atoms with Crippen LogP contribution in [-0.4, -0.2) is 36.9 Å². The molecule has 0 saturated carbocycles. The van der Waals surface area contributed by atoms with Crippen molar-refractivity contribution in [3.05, 3.63) is 55.1 Å². The number of aryl methyl sites for hydroxylation is 1. The number of rotatable bonds is 6. The van der Waals surface area contributed by atoms with E-state index in [4.69, 9.17) is 5.11 Å². The summed E-state index contributed by atoms with van der Waals surface area (Å²) in [5, 5.41) is 12.2. The first-order valence-electron chi connectivity index (χ1n) is 8.20. The lowest BCUT2D eigenvalue weighted by atomic mass is 10.2. The van der Waals surface area contributed by atoms with Gasteiger partial charge in [0.25, 0.3) is 5.56 Å². The Morgan fingerprint density at radius 2 is 1.92 bits per heavy atom. The van der Waals surface area contributed by atoms with Gasteiger partial charge in [-0.1, -0.05) is 34.1 Å². The standard InChI is InChI=1S/C17H20BrN5O3/c1-21-14-13(15(25)22(2)17(21)26)23(16(20-14)19-8-5-9-24)10-11-6-3-4-7-12(11)18/h3-4,6-7,24H,5,8-10H2,1-2H3,(H,19,20). The molecule has 8 nitrogen and oxygen atoms in total. The molecule has 1 aromatic carbocycles. The van der Waals surface area contributed by atoms with Crippen LogP contribution in [0.4, 0.5) is 5.95 Å². The Labute approximate surface area is 157 Å². The average Bonchev–Trinajstić information content (AvgIpc) is 2.99. The van der Waals surface area contributed by atoms with Gasteiger partial charge in [-0.25, -0.2) is 4.79 Å². The summed E-state index contributed by atoms with van der Waals surface area (Å²) in [6, 6.07) is 7.73. The molecular weight excluding hydrogens is 402 g/mol. The molecule has 0 saturated heterocycles. The molecule has 0 unspecified atom stereocenters. The van der Waals surface area contributed by atoms with Gasteiger partial charge in [0.15, 0.2) is 11.2 Å². The average molecular weight is 422 g/mol.